The molecule has 1 rings (SSSR count). The SMILES string of the molecule is COCC(C)N(C)c1ccc([N+](=O)[O-])c(C(C)=O)c1. The van der Waals surface area contributed by atoms with Crippen molar-refractivity contribution in [2.24, 2.45) is 0 Å². The predicted octanol–water partition coefficient (Wildman–Crippen LogP) is 2.27. The van der Waals surface area contributed by atoms with Crippen molar-refractivity contribution < 1.29 is 14.5 Å². The summed E-state index contributed by atoms with van der Waals surface area (Å²) in [4.78, 5) is 23.7. The second kappa shape index (κ2) is 6.29. The number of hydrogen-bond acceptors (Lipinski definition) is 5. The number of carbonyl (C=O) groups is 1. The standard InChI is InChI=1S/C13H18N2O4/c1-9(8-19-4)14(3)11-5-6-13(15(17)18)12(7-11)10(2)16/h5-7,9H,8H2,1-4H3. The lowest BCUT2D eigenvalue weighted by Crippen LogP contribution is -2.32. The van der Waals surface area contributed by atoms with Gasteiger partial charge in [-0.3, -0.25) is 14.9 Å². The maximum absolute atomic E-state index is 11.5. The van der Waals surface area contributed by atoms with Crippen molar-refractivity contribution in [3.8, 4) is 0 Å². The largest absolute Gasteiger partial charge is 0.383 e. The van der Waals surface area contributed by atoms with Crippen LogP contribution in [-0.4, -0.2) is 37.5 Å². The van der Waals surface area contributed by atoms with E-state index in [1.54, 1.807) is 19.2 Å². The van der Waals surface area contributed by atoms with Gasteiger partial charge in [-0.1, -0.05) is 0 Å². The molecule has 0 radical (unpaired) electrons. The number of methoxy groups -OCH3 is 1. The maximum Gasteiger partial charge on any atom is 0.280 e. The fraction of sp³-hybridized carbons (Fsp3) is 0.462. The van der Waals surface area contributed by atoms with Gasteiger partial charge in [0.25, 0.3) is 5.69 Å². The third kappa shape index (κ3) is 3.51. The van der Waals surface area contributed by atoms with Gasteiger partial charge < -0.3 is 9.64 Å². The van der Waals surface area contributed by atoms with Crippen LogP contribution in [-0.2, 0) is 4.74 Å². The summed E-state index contributed by atoms with van der Waals surface area (Å²) >= 11 is 0. The van der Waals surface area contributed by atoms with Gasteiger partial charge in [-0.15, -0.1) is 0 Å². The van der Waals surface area contributed by atoms with Gasteiger partial charge >= 0.3 is 0 Å². The first-order valence-corrected chi connectivity index (χ1v) is 5.89. The van der Waals surface area contributed by atoms with E-state index in [4.69, 9.17) is 4.74 Å². The lowest BCUT2D eigenvalue weighted by Gasteiger charge is -2.26. The zero-order valence-electron chi connectivity index (χ0n) is 11.5. The van der Waals surface area contributed by atoms with Gasteiger partial charge in [-0.05, 0) is 26.0 Å². The molecule has 0 amide bonds. The second-order valence-corrected chi connectivity index (χ2v) is 4.43. The number of likely N-dealkylation sites (N-methyl/N-ethyl adjacent to an activating group) is 1. The fourth-order valence-corrected chi connectivity index (χ4v) is 1.79. The summed E-state index contributed by atoms with van der Waals surface area (Å²) < 4.78 is 5.07. The smallest absolute Gasteiger partial charge is 0.280 e. The molecule has 19 heavy (non-hydrogen) atoms. The summed E-state index contributed by atoms with van der Waals surface area (Å²) in [6, 6.07) is 4.65. The van der Waals surface area contributed by atoms with Crippen molar-refractivity contribution in [3.05, 3.63) is 33.9 Å². The molecule has 0 fully saturated rings. The minimum atomic E-state index is -0.543. The van der Waals surface area contributed by atoms with Crippen LogP contribution in [0.5, 0.6) is 0 Å². The Kier molecular flexibility index (Phi) is 5.00. The number of nitrogens with zero attached hydrogens (tertiary/aromatic N) is 2. The molecule has 0 aliphatic heterocycles. The molecule has 0 N–H and O–H groups in total. The lowest BCUT2D eigenvalue weighted by molar-refractivity contribution is -0.385. The Hall–Kier alpha value is -1.95. The van der Waals surface area contributed by atoms with Crippen LogP contribution in [0, 0.1) is 10.1 Å². The number of nitro groups is 1. The van der Waals surface area contributed by atoms with Gasteiger partial charge in [-0.2, -0.15) is 0 Å². The van der Waals surface area contributed by atoms with Crippen LogP contribution >= 0.6 is 0 Å². The second-order valence-electron chi connectivity index (χ2n) is 4.43. The van der Waals surface area contributed by atoms with Crippen molar-refractivity contribution in [2.75, 3.05) is 25.7 Å². The number of benzene rings is 1. The molecule has 1 aromatic rings. The molecular formula is C13H18N2O4. The number of hydrogen-bond donors (Lipinski definition) is 0. The fourth-order valence-electron chi connectivity index (χ4n) is 1.79. The predicted molar refractivity (Wildman–Crippen MR) is 72.8 cm³/mol. The van der Waals surface area contributed by atoms with E-state index in [2.05, 4.69) is 0 Å². The molecule has 1 atom stereocenters. The van der Waals surface area contributed by atoms with Gasteiger partial charge in [0.05, 0.1) is 17.1 Å². The van der Waals surface area contributed by atoms with E-state index in [0.29, 0.717) is 6.61 Å². The third-order valence-corrected chi connectivity index (χ3v) is 3.03. The summed E-state index contributed by atoms with van der Waals surface area (Å²) in [6.45, 7) is 3.83. The highest BCUT2D eigenvalue weighted by molar-refractivity contribution is 5.99. The number of anilines is 1. The Bertz CT molecular complexity index is 488. The Morgan fingerprint density at radius 3 is 2.63 bits per heavy atom. The number of carbonyl (C=O) groups excluding carboxylic acids is 1. The third-order valence-electron chi connectivity index (χ3n) is 3.03. The first-order chi connectivity index (χ1) is 8.88. The lowest BCUT2D eigenvalue weighted by atomic mass is 10.1. The van der Waals surface area contributed by atoms with E-state index in [0.717, 1.165) is 5.69 Å². The number of nitro benzene ring substituents is 1. The molecule has 6 heteroatoms. The first-order valence-electron chi connectivity index (χ1n) is 5.89. The van der Waals surface area contributed by atoms with Crippen molar-refractivity contribution >= 4 is 17.2 Å². The van der Waals surface area contributed by atoms with Crippen LogP contribution in [0.2, 0.25) is 0 Å². The first kappa shape index (κ1) is 15.1. The van der Waals surface area contributed by atoms with E-state index < -0.39 is 4.92 Å². The topological polar surface area (TPSA) is 72.7 Å². The monoisotopic (exact) mass is 266 g/mol. The zero-order chi connectivity index (χ0) is 14.6. The number of ether oxygens (including phenoxy) is 1. The highest BCUT2D eigenvalue weighted by Crippen LogP contribution is 2.25. The Balaban J connectivity index is 3.15. The van der Waals surface area contributed by atoms with Crippen molar-refractivity contribution in [1.29, 1.82) is 0 Å². The molecule has 0 aliphatic carbocycles. The van der Waals surface area contributed by atoms with Gasteiger partial charge in [-0.25, -0.2) is 0 Å². The zero-order valence-corrected chi connectivity index (χ0v) is 11.5. The summed E-state index contributed by atoms with van der Waals surface area (Å²) in [5.41, 5.74) is 0.711. The molecule has 0 aromatic heterocycles. The molecule has 1 unspecified atom stereocenters. The number of rotatable bonds is 6. The van der Waals surface area contributed by atoms with Crippen LogP contribution < -0.4 is 4.90 Å². The average Bonchev–Trinajstić information content (AvgIpc) is 2.37. The van der Waals surface area contributed by atoms with E-state index in [-0.39, 0.29) is 23.1 Å². The van der Waals surface area contributed by atoms with Gasteiger partial charge in [0.15, 0.2) is 5.78 Å². The van der Waals surface area contributed by atoms with Crippen LogP contribution in [0.4, 0.5) is 11.4 Å². The normalized spacial score (nSPS) is 12.0. The van der Waals surface area contributed by atoms with Crippen LogP contribution in [0.1, 0.15) is 24.2 Å². The van der Waals surface area contributed by atoms with Gasteiger partial charge in [0.2, 0.25) is 0 Å². The molecule has 6 nitrogen and oxygen atoms in total. The van der Waals surface area contributed by atoms with Crippen LogP contribution in [0.25, 0.3) is 0 Å². The summed E-state index contributed by atoms with van der Waals surface area (Å²) in [6.07, 6.45) is 0. The molecule has 104 valence electrons. The minimum Gasteiger partial charge on any atom is -0.383 e. The molecular weight excluding hydrogens is 248 g/mol. The molecule has 0 spiro atoms. The average molecular weight is 266 g/mol. The van der Waals surface area contributed by atoms with E-state index >= 15 is 0 Å². The summed E-state index contributed by atoms with van der Waals surface area (Å²) in [5, 5.41) is 10.9. The van der Waals surface area contributed by atoms with Crippen molar-refractivity contribution in [3.63, 3.8) is 0 Å². The minimum absolute atomic E-state index is 0.103. The molecule has 0 saturated heterocycles. The molecule has 1 aromatic carbocycles. The number of ketones is 1. The Labute approximate surface area is 112 Å². The molecule has 0 bridgehead atoms. The number of Topliss-reactive ketones (excluding diaryl/α,β-unsaturated/α-hetero) is 1. The van der Waals surface area contributed by atoms with E-state index in [9.17, 15) is 14.9 Å². The Morgan fingerprint density at radius 2 is 2.16 bits per heavy atom. The molecule has 0 saturated carbocycles. The molecule has 0 heterocycles. The molecule has 0 aliphatic rings. The summed E-state index contributed by atoms with van der Waals surface area (Å²) in [7, 11) is 3.47. The summed E-state index contributed by atoms with van der Waals surface area (Å²) in [5.74, 6) is -0.318. The van der Waals surface area contributed by atoms with Crippen LogP contribution in [0.15, 0.2) is 18.2 Å². The van der Waals surface area contributed by atoms with Gasteiger partial charge in [0.1, 0.15) is 0 Å². The van der Waals surface area contributed by atoms with E-state index in [1.165, 1.54) is 13.0 Å². The van der Waals surface area contributed by atoms with Crippen LogP contribution in [0.3, 0.4) is 0 Å². The highest BCUT2D eigenvalue weighted by atomic mass is 16.6. The van der Waals surface area contributed by atoms with Crippen molar-refractivity contribution in [2.45, 2.75) is 19.9 Å². The van der Waals surface area contributed by atoms with Crippen molar-refractivity contribution in [1.82, 2.24) is 0 Å². The maximum atomic E-state index is 11.5. The highest BCUT2D eigenvalue weighted by Gasteiger charge is 2.19. The van der Waals surface area contributed by atoms with Gasteiger partial charge in [0, 0.05) is 32.0 Å². The Morgan fingerprint density at radius 1 is 1.53 bits per heavy atom. The van der Waals surface area contributed by atoms with E-state index in [1.807, 2.05) is 18.9 Å². The quantitative estimate of drug-likeness (QED) is 0.448.